The Morgan fingerprint density at radius 2 is 0.923 bits per heavy atom. The van der Waals surface area contributed by atoms with Crippen molar-refractivity contribution in [2.75, 3.05) is 0 Å². The number of phenolic OH excluding ortho intramolecular Hbond substituents is 2. The zero-order chi connectivity index (χ0) is 27.3. The monoisotopic (exact) mass is 565 g/mol. The standard InChI is InChI=1S/2C13H12N4O2.Mn/c2*14-12(10-6-3-4-8-15-10)16-17-13(19)9-5-1-2-7-11(9)18;/h2*1-8,18H,(H2,14,16)(H,17,19);/q;;+2/p-2. The molecule has 39 heavy (non-hydrogen) atoms. The van der Waals surface area contributed by atoms with Gasteiger partial charge in [-0.25, -0.2) is 0 Å². The first-order chi connectivity index (χ1) is 18.4. The SMILES string of the molecule is N/C(=N\N=C(/[O-])c1ccccc1O)c1ccccn1.N/C(=N\N=C(/[O-])c1ccccc1O)c1ccccn1.[Mn+2]. The van der Waals surface area contributed by atoms with Gasteiger partial charge in [-0.15, -0.1) is 10.2 Å². The third kappa shape index (κ3) is 8.97. The van der Waals surface area contributed by atoms with Crippen molar-refractivity contribution in [2.24, 2.45) is 31.9 Å². The van der Waals surface area contributed by atoms with Gasteiger partial charge in [-0.1, -0.05) is 48.5 Å². The second-order valence-electron chi connectivity index (χ2n) is 7.25. The van der Waals surface area contributed by atoms with Gasteiger partial charge in [0.1, 0.15) is 22.9 Å². The van der Waals surface area contributed by atoms with Crippen LogP contribution < -0.4 is 21.7 Å². The van der Waals surface area contributed by atoms with E-state index in [0.717, 1.165) is 0 Å². The molecule has 0 aliphatic heterocycles. The number of hydrogen-bond acceptors (Lipinski definition) is 10. The first-order valence-corrected chi connectivity index (χ1v) is 10.9. The number of rotatable bonds is 6. The summed E-state index contributed by atoms with van der Waals surface area (Å²) in [6.45, 7) is 0. The molecule has 197 valence electrons. The molecule has 0 amide bonds. The fraction of sp³-hybridized carbons (Fsp3) is 0. The van der Waals surface area contributed by atoms with E-state index in [9.17, 15) is 20.4 Å². The van der Waals surface area contributed by atoms with Gasteiger partial charge in [-0.3, -0.25) is 9.97 Å². The smallest absolute Gasteiger partial charge is 0.857 e. The van der Waals surface area contributed by atoms with E-state index in [-0.39, 0.29) is 51.4 Å². The molecule has 0 saturated carbocycles. The van der Waals surface area contributed by atoms with Gasteiger partial charge in [-0.05, 0) is 36.4 Å². The Hall–Kier alpha value is -5.26. The molecule has 13 heteroatoms. The molecule has 0 atom stereocenters. The van der Waals surface area contributed by atoms with E-state index in [4.69, 9.17) is 11.5 Å². The summed E-state index contributed by atoms with van der Waals surface area (Å²) < 4.78 is 0. The molecule has 0 saturated heterocycles. The van der Waals surface area contributed by atoms with Crippen LogP contribution in [-0.4, -0.2) is 43.6 Å². The third-order valence-electron chi connectivity index (χ3n) is 4.62. The van der Waals surface area contributed by atoms with Crippen LogP contribution in [0.5, 0.6) is 11.5 Å². The van der Waals surface area contributed by atoms with Gasteiger partial charge >= 0.3 is 17.1 Å². The molecule has 4 aromatic rings. The van der Waals surface area contributed by atoms with E-state index < -0.39 is 11.8 Å². The van der Waals surface area contributed by atoms with Crippen LogP contribution in [-0.2, 0) is 17.1 Å². The number of nitrogens with zero attached hydrogens (tertiary/aromatic N) is 6. The first kappa shape index (κ1) is 30.0. The van der Waals surface area contributed by atoms with E-state index in [1.807, 2.05) is 0 Å². The van der Waals surface area contributed by atoms with E-state index in [1.54, 1.807) is 73.1 Å². The Balaban J connectivity index is 0.000000267. The molecule has 6 N–H and O–H groups in total. The molecule has 12 nitrogen and oxygen atoms in total. The van der Waals surface area contributed by atoms with Crippen molar-refractivity contribution in [2.45, 2.75) is 0 Å². The Morgan fingerprint density at radius 1 is 0.564 bits per heavy atom. The van der Waals surface area contributed by atoms with Crippen LogP contribution >= 0.6 is 0 Å². The minimum Gasteiger partial charge on any atom is -0.857 e. The molecule has 2 aromatic carbocycles. The van der Waals surface area contributed by atoms with Crippen LogP contribution in [0.1, 0.15) is 22.5 Å². The molecular weight excluding hydrogens is 543 g/mol. The number of nitrogens with two attached hydrogens (primary N) is 2. The molecule has 1 radical (unpaired) electrons. The van der Waals surface area contributed by atoms with Crippen molar-refractivity contribution in [3.63, 3.8) is 0 Å². The molecule has 2 heterocycles. The summed E-state index contributed by atoms with van der Waals surface area (Å²) in [4.78, 5) is 7.94. The Morgan fingerprint density at radius 3 is 1.26 bits per heavy atom. The minimum absolute atomic E-state index is 0. The fourth-order valence-electron chi connectivity index (χ4n) is 2.75. The molecule has 4 rings (SSSR count). The topological polar surface area (TPSA) is 214 Å². The van der Waals surface area contributed by atoms with Gasteiger partial charge in [0, 0.05) is 35.3 Å². The van der Waals surface area contributed by atoms with Crippen molar-refractivity contribution in [3.8, 4) is 11.5 Å². The van der Waals surface area contributed by atoms with Crippen LogP contribution in [0.4, 0.5) is 0 Å². The molecule has 0 fully saturated rings. The summed E-state index contributed by atoms with van der Waals surface area (Å²) in [5.41, 5.74) is 12.3. The summed E-state index contributed by atoms with van der Waals surface area (Å²) in [7, 11) is 0. The predicted molar refractivity (Wildman–Crippen MR) is 139 cm³/mol. The third-order valence-corrected chi connectivity index (χ3v) is 4.62. The zero-order valence-corrected chi connectivity index (χ0v) is 21.3. The van der Waals surface area contributed by atoms with Crippen molar-refractivity contribution in [1.29, 1.82) is 0 Å². The zero-order valence-electron chi connectivity index (χ0n) is 20.2. The van der Waals surface area contributed by atoms with Gasteiger partial charge in [0.25, 0.3) is 0 Å². The van der Waals surface area contributed by atoms with E-state index in [0.29, 0.717) is 11.4 Å². The first-order valence-electron chi connectivity index (χ1n) is 10.9. The largest absolute Gasteiger partial charge is 2.00 e. The second kappa shape index (κ2) is 15.1. The van der Waals surface area contributed by atoms with Gasteiger partial charge in [0.05, 0.1) is 0 Å². The number of benzene rings is 2. The van der Waals surface area contributed by atoms with Crippen LogP contribution in [0.15, 0.2) is 118 Å². The summed E-state index contributed by atoms with van der Waals surface area (Å²) in [6.07, 6.45) is 3.12. The molecule has 0 unspecified atom stereocenters. The van der Waals surface area contributed by atoms with E-state index in [2.05, 4.69) is 30.4 Å². The molecule has 2 aromatic heterocycles. The Kier molecular flexibility index (Phi) is 11.6. The number of hydrogen-bond donors (Lipinski definition) is 4. The number of amidine groups is 2. The summed E-state index contributed by atoms with van der Waals surface area (Å²) in [5, 5.41) is 56.5. The van der Waals surface area contributed by atoms with E-state index >= 15 is 0 Å². The van der Waals surface area contributed by atoms with E-state index in [1.165, 1.54) is 24.3 Å². The average Bonchev–Trinajstić information content (AvgIpc) is 2.96. The van der Waals surface area contributed by atoms with Crippen molar-refractivity contribution >= 4 is 23.5 Å². The van der Waals surface area contributed by atoms with Crippen molar-refractivity contribution < 1.29 is 37.5 Å². The van der Waals surface area contributed by atoms with Gasteiger partial charge < -0.3 is 31.9 Å². The Bertz CT molecular complexity index is 1370. The van der Waals surface area contributed by atoms with Crippen molar-refractivity contribution in [1.82, 2.24) is 9.97 Å². The summed E-state index contributed by atoms with van der Waals surface area (Å²) in [6, 6.07) is 22.4. The maximum atomic E-state index is 11.7. The second-order valence-corrected chi connectivity index (χ2v) is 7.25. The summed E-state index contributed by atoms with van der Waals surface area (Å²) >= 11 is 0. The maximum Gasteiger partial charge on any atom is 2.00 e. The van der Waals surface area contributed by atoms with Crippen LogP contribution in [0.25, 0.3) is 0 Å². The number of pyridine rings is 2. The average molecular weight is 565 g/mol. The van der Waals surface area contributed by atoms with Crippen LogP contribution in [0, 0.1) is 0 Å². The number of aromatic hydroxyl groups is 2. The fourth-order valence-corrected chi connectivity index (χ4v) is 2.75. The molecule has 0 bridgehead atoms. The Labute approximate surface area is 233 Å². The summed E-state index contributed by atoms with van der Waals surface area (Å²) in [5.74, 6) is -1.58. The van der Waals surface area contributed by atoms with Crippen LogP contribution in [0.3, 0.4) is 0 Å². The minimum atomic E-state index is -0.669. The number of aromatic nitrogens is 2. The molecule has 0 aliphatic carbocycles. The number of phenols is 2. The maximum absolute atomic E-state index is 11.7. The number of para-hydroxylation sites is 2. The molecule has 0 aliphatic rings. The van der Waals surface area contributed by atoms with Gasteiger partial charge in [-0.2, -0.15) is 10.2 Å². The van der Waals surface area contributed by atoms with Gasteiger partial charge in [0.2, 0.25) is 0 Å². The normalized spacial score (nSPS) is 12.1. The van der Waals surface area contributed by atoms with Crippen molar-refractivity contribution in [3.05, 3.63) is 120 Å². The quantitative estimate of drug-likeness (QED) is 0.111. The molecular formula is C26H22MnN8O4. The van der Waals surface area contributed by atoms with Gasteiger partial charge in [0.15, 0.2) is 11.7 Å². The predicted octanol–water partition coefficient (Wildman–Crippen LogP) is 0.427. The van der Waals surface area contributed by atoms with Crippen LogP contribution in [0.2, 0.25) is 0 Å². The molecule has 0 spiro atoms.